The Morgan fingerprint density at radius 3 is 2.58 bits per heavy atom. The van der Waals surface area contributed by atoms with Gasteiger partial charge >= 0.3 is 6.03 Å². The molecule has 5 rings (SSSR count). The number of sulfonamides is 1. The summed E-state index contributed by atoms with van der Waals surface area (Å²) >= 11 is 0.940. The summed E-state index contributed by atoms with van der Waals surface area (Å²) in [6.45, 7) is 0.845. The zero-order valence-corrected chi connectivity index (χ0v) is 20.3. The van der Waals surface area contributed by atoms with Crippen molar-refractivity contribution in [3.8, 4) is 11.6 Å². The highest BCUT2D eigenvalue weighted by molar-refractivity contribution is 7.92. The van der Waals surface area contributed by atoms with Crippen LogP contribution in [0.4, 0.5) is 20.6 Å². The third kappa shape index (κ3) is 4.90. The number of rotatable bonds is 7. The van der Waals surface area contributed by atoms with E-state index in [1.54, 1.807) is 23.6 Å². The number of fused-ring (bicyclic) bond motifs is 1. The van der Waals surface area contributed by atoms with E-state index >= 15 is 0 Å². The highest BCUT2D eigenvalue weighted by Crippen LogP contribution is 2.31. The minimum atomic E-state index is -4.06. The smallest absolute Gasteiger partial charge is 0.333 e. The molecule has 4 N–H and O–H groups in total. The van der Waals surface area contributed by atoms with Gasteiger partial charge in [0, 0.05) is 29.4 Å². The van der Waals surface area contributed by atoms with Gasteiger partial charge in [-0.1, -0.05) is 6.07 Å². The molecular weight excluding hydrogens is 507 g/mol. The number of nitrogens with zero attached hydrogens (tertiary/aromatic N) is 1. The first kappa shape index (κ1) is 23.8. The van der Waals surface area contributed by atoms with Crippen LogP contribution in [0.5, 0.6) is 5.88 Å². The molecule has 186 valence electrons. The third-order valence-electron chi connectivity index (χ3n) is 5.73. The first-order chi connectivity index (χ1) is 17.2. The Labute approximate surface area is 209 Å². The maximum atomic E-state index is 15.0. The van der Waals surface area contributed by atoms with Crippen LogP contribution < -0.4 is 20.9 Å². The summed E-state index contributed by atoms with van der Waals surface area (Å²) in [5.41, 5.74) is -0.0898. The van der Waals surface area contributed by atoms with E-state index < -0.39 is 33.3 Å². The summed E-state index contributed by atoms with van der Waals surface area (Å²) in [6, 6.07) is 11.7. The Morgan fingerprint density at radius 2 is 1.89 bits per heavy atom. The molecule has 1 saturated carbocycles. The Hall–Kier alpha value is -3.90. The molecule has 0 aliphatic heterocycles. The van der Waals surface area contributed by atoms with Crippen molar-refractivity contribution in [2.75, 3.05) is 17.2 Å². The molecule has 9 nitrogen and oxygen atoms in total. The van der Waals surface area contributed by atoms with Gasteiger partial charge in [0.1, 0.15) is 10.0 Å². The van der Waals surface area contributed by atoms with Gasteiger partial charge in [-0.05, 0) is 72.0 Å². The second kappa shape index (κ2) is 9.28. The molecule has 4 aromatic rings. The lowest BCUT2D eigenvalue weighted by atomic mass is 10.1. The van der Waals surface area contributed by atoms with Crippen molar-refractivity contribution >= 4 is 49.5 Å². The third-order valence-corrected chi connectivity index (χ3v) is 8.46. The Bertz CT molecular complexity index is 1630. The van der Waals surface area contributed by atoms with Gasteiger partial charge in [-0.2, -0.15) is 0 Å². The molecular formula is C24H21FN4O5S2. The number of nitrogens with one attached hydrogen (secondary N) is 3. The molecule has 12 heteroatoms. The van der Waals surface area contributed by atoms with E-state index in [9.17, 15) is 27.5 Å². The second-order valence-corrected chi connectivity index (χ2v) is 11.3. The molecule has 36 heavy (non-hydrogen) atoms. The largest absolute Gasteiger partial charge is 0.494 e. The fourth-order valence-corrected chi connectivity index (χ4v) is 5.65. The zero-order chi connectivity index (χ0) is 25.4. The molecule has 0 radical (unpaired) electrons. The molecule has 2 amide bonds. The number of benzene rings is 2. The van der Waals surface area contributed by atoms with Crippen molar-refractivity contribution in [1.82, 2.24) is 9.29 Å². The van der Waals surface area contributed by atoms with Crippen molar-refractivity contribution in [3.05, 3.63) is 76.1 Å². The molecule has 2 aromatic carbocycles. The fraction of sp³-hybridized carbons (Fsp3) is 0.167. The van der Waals surface area contributed by atoms with Crippen LogP contribution in [-0.2, 0) is 10.0 Å². The van der Waals surface area contributed by atoms with Crippen molar-refractivity contribution in [2.24, 2.45) is 5.92 Å². The number of halogens is 1. The van der Waals surface area contributed by atoms with E-state index in [2.05, 4.69) is 10.6 Å². The standard InChI is InChI=1S/C24H21FN4O5S2/c25-19-12-17(27-24(32)28-36(33,34)22-2-1-9-35-22)6-8-20(19)29-21(30)11-15-10-16(26-13-14-3-4-14)5-7-18(15)23(29)31/h1-2,5-12,14,26,31H,3-4,13H2,(H2,27,28,32). The summed E-state index contributed by atoms with van der Waals surface area (Å²) in [5, 5.41) is 18.8. The number of thiophene rings is 1. The van der Waals surface area contributed by atoms with Crippen LogP contribution in [-0.4, -0.2) is 30.7 Å². The van der Waals surface area contributed by atoms with Crippen molar-refractivity contribution in [2.45, 2.75) is 17.1 Å². The lowest BCUT2D eigenvalue weighted by Crippen LogP contribution is -2.34. The second-order valence-electron chi connectivity index (χ2n) is 8.43. The van der Waals surface area contributed by atoms with Crippen LogP contribution in [0.1, 0.15) is 12.8 Å². The topological polar surface area (TPSA) is 130 Å². The summed E-state index contributed by atoms with van der Waals surface area (Å²) in [6.07, 6.45) is 2.40. The van der Waals surface area contributed by atoms with E-state index in [1.165, 1.54) is 43.2 Å². The highest BCUT2D eigenvalue weighted by Gasteiger charge is 2.21. The van der Waals surface area contributed by atoms with Gasteiger partial charge in [0.25, 0.3) is 15.6 Å². The Balaban J connectivity index is 1.38. The number of pyridine rings is 1. The molecule has 2 heterocycles. The first-order valence-electron chi connectivity index (χ1n) is 11.0. The molecule has 1 fully saturated rings. The van der Waals surface area contributed by atoms with E-state index in [0.717, 1.165) is 34.2 Å². The summed E-state index contributed by atoms with van der Waals surface area (Å²) < 4.78 is 42.0. The monoisotopic (exact) mass is 528 g/mol. The first-order valence-corrected chi connectivity index (χ1v) is 13.4. The van der Waals surface area contributed by atoms with E-state index in [1.807, 2.05) is 4.72 Å². The molecule has 0 saturated heterocycles. The van der Waals surface area contributed by atoms with E-state index in [0.29, 0.717) is 16.7 Å². The van der Waals surface area contributed by atoms with Crippen molar-refractivity contribution in [1.29, 1.82) is 0 Å². The highest BCUT2D eigenvalue weighted by atomic mass is 32.2. The Kier molecular flexibility index (Phi) is 6.14. The number of amides is 2. The lowest BCUT2D eigenvalue weighted by Gasteiger charge is -2.14. The van der Waals surface area contributed by atoms with E-state index in [4.69, 9.17) is 0 Å². The number of aromatic nitrogens is 1. The van der Waals surface area contributed by atoms with Crippen LogP contribution in [0.15, 0.2) is 69.0 Å². The maximum absolute atomic E-state index is 15.0. The zero-order valence-electron chi connectivity index (χ0n) is 18.7. The molecule has 0 atom stereocenters. The average molecular weight is 529 g/mol. The van der Waals surface area contributed by atoms with Gasteiger partial charge in [0.15, 0.2) is 0 Å². The minimum absolute atomic E-state index is 0.0452. The molecule has 0 bridgehead atoms. The molecule has 2 aromatic heterocycles. The van der Waals surface area contributed by atoms with Gasteiger partial charge in [-0.15, -0.1) is 11.3 Å². The normalized spacial score (nSPS) is 13.5. The van der Waals surface area contributed by atoms with Crippen LogP contribution in [0.3, 0.4) is 0 Å². The van der Waals surface area contributed by atoms with Gasteiger partial charge in [0.2, 0.25) is 5.88 Å². The summed E-state index contributed by atoms with van der Waals surface area (Å²) in [4.78, 5) is 24.9. The number of urea groups is 1. The molecule has 0 spiro atoms. The Morgan fingerprint density at radius 1 is 1.11 bits per heavy atom. The number of hydrogen-bond donors (Lipinski definition) is 4. The van der Waals surface area contributed by atoms with Gasteiger partial charge in [0.05, 0.1) is 5.69 Å². The molecule has 0 unspecified atom stereocenters. The van der Waals surface area contributed by atoms with Crippen LogP contribution >= 0.6 is 11.3 Å². The number of hydrogen-bond acceptors (Lipinski definition) is 7. The maximum Gasteiger partial charge on any atom is 0.333 e. The van der Waals surface area contributed by atoms with Crippen molar-refractivity contribution in [3.63, 3.8) is 0 Å². The number of anilines is 2. The van der Waals surface area contributed by atoms with Gasteiger partial charge < -0.3 is 15.7 Å². The van der Waals surface area contributed by atoms with Crippen LogP contribution in [0.2, 0.25) is 0 Å². The van der Waals surface area contributed by atoms with Gasteiger partial charge in [-0.25, -0.2) is 26.9 Å². The SMILES string of the molecule is O=C(Nc1ccc(-n2c(O)c3ccc(NCC4CC4)cc3cc2=O)c(F)c1)NS(=O)(=O)c1cccs1. The number of carbonyl (C=O) groups excluding carboxylic acids is 1. The average Bonchev–Trinajstić information content (AvgIpc) is 3.47. The predicted octanol–water partition coefficient (Wildman–Crippen LogP) is 4.23. The summed E-state index contributed by atoms with van der Waals surface area (Å²) in [5.74, 6) is -0.668. The predicted molar refractivity (Wildman–Crippen MR) is 136 cm³/mol. The summed E-state index contributed by atoms with van der Waals surface area (Å²) in [7, 11) is -4.06. The quantitative estimate of drug-likeness (QED) is 0.284. The lowest BCUT2D eigenvalue weighted by molar-refractivity contribution is 0.256. The van der Waals surface area contributed by atoms with Crippen LogP contribution in [0, 0.1) is 11.7 Å². The van der Waals surface area contributed by atoms with E-state index in [-0.39, 0.29) is 15.6 Å². The molecule has 1 aliphatic rings. The fourth-order valence-electron chi connectivity index (χ4n) is 3.75. The van der Waals surface area contributed by atoms with Gasteiger partial charge in [-0.3, -0.25) is 4.79 Å². The number of aromatic hydroxyl groups is 1. The molecule has 1 aliphatic carbocycles. The van der Waals surface area contributed by atoms with Crippen LogP contribution in [0.25, 0.3) is 16.5 Å². The number of carbonyl (C=O) groups is 1. The minimum Gasteiger partial charge on any atom is -0.494 e. The van der Waals surface area contributed by atoms with Crippen molar-refractivity contribution < 1.29 is 22.7 Å².